The van der Waals surface area contributed by atoms with Crippen molar-refractivity contribution < 1.29 is 14.4 Å². The summed E-state index contributed by atoms with van der Waals surface area (Å²) in [7, 11) is 0. The molecule has 4 amide bonds. The molecule has 0 aliphatic carbocycles. The fourth-order valence-corrected chi connectivity index (χ4v) is 3.34. The molecule has 6 nitrogen and oxygen atoms in total. The second-order valence-corrected chi connectivity index (χ2v) is 6.55. The number of nitrogens with one attached hydrogen (secondary N) is 2. The van der Waals surface area contributed by atoms with Crippen LogP contribution < -0.4 is 10.6 Å². The van der Waals surface area contributed by atoms with Crippen LogP contribution in [0.4, 0.5) is 10.5 Å². The average Bonchev–Trinajstić information content (AvgIpc) is 2.94. The lowest BCUT2D eigenvalue weighted by Gasteiger charge is -2.25. The van der Waals surface area contributed by atoms with Gasteiger partial charge in [0.1, 0.15) is 12.1 Å². The maximum Gasteiger partial charge on any atom is 0.325 e. The number of benzene rings is 2. The van der Waals surface area contributed by atoms with Crippen LogP contribution in [0.5, 0.6) is 0 Å². The molecule has 3 rings (SSSR count). The highest BCUT2D eigenvalue weighted by atomic mass is 16.2. The molecule has 0 aromatic heterocycles. The Labute approximate surface area is 158 Å². The average molecular weight is 365 g/mol. The molecular formula is C21H23N3O3. The van der Waals surface area contributed by atoms with E-state index in [1.807, 2.05) is 62.4 Å². The monoisotopic (exact) mass is 365 g/mol. The van der Waals surface area contributed by atoms with Gasteiger partial charge < -0.3 is 10.6 Å². The zero-order chi connectivity index (χ0) is 19.4. The van der Waals surface area contributed by atoms with Crippen molar-refractivity contribution >= 4 is 23.5 Å². The third-order valence-electron chi connectivity index (χ3n) is 4.89. The third kappa shape index (κ3) is 3.56. The van der Waals surface area contributed by atoms with Gasteiger partial charge in [-0.2, -0.15) is 0 Å². The lowest BCUT2D eigenvalue weighted by Crippen LogP contribution is -2.44. The highest BCUT2D eigenvalue weighted by molar-refractivity contribution is 6.10. The van der Waals surface area contributed by atoms with Gasteiger partial charge in [-0.25, -0.2) is 4.79 Å². The molecule has 6 heteroatoms. The molecular weight excluding hydrogens is 342 g/mol. The molecule has 0 unspecified atom stereocenters. The van der Waals surface area contributed by atoms with E-state index in [2.05, 4.69) is 10.6 Å². The summed E-state index contributed by atoms with van der Waals surface area (Å²) < 4.78 is 0. The van der Waals surface area contributed by atoms with Gasteiger partial charge in [-0.3, -0.25) is 14.5 Å². The number of hydrogen-bond donors (Lipinski definition) is 2. The Morgan fingerprint density at radius 1 is 1.07 bits per heavy atom. The summed E-state index contributed by atoms with van der Waals surface area (Å²) in [5.41, 5.74) is 1.33. The van der Waals surface area contributed by atoms with Gasteiger partial charge in [0.05, 0.1) is 0 Å². The molecule has 1 saturated heterocycles. The number of amides is 4. The first-order chi connectivity index (χ1) is 13.0. The molecule has 0 saturated carbocycles. The van der Waals surface area contributed by atoms with Crippen molar-refractivity contribution in [1.82, 2.24) is 10.2 Å². The topological polar surface area (TPSA) is 78.5 Å². The minimum atomic E-state index is -1.12. The van der Waals surface area contributed by atoms with E-state index in [4.69, 9.17) is 0 Å². The van der Waals surface area contributed by atoms with Crippen molar-refractivity contribution in [1.29, 1.82) is 0 Å². The van der Waals surface area contributed by atoms with E-state index in [1.165, 1.54) is 0 Å². The van der Waals surface area contributed by atoms with Crippen molar-refractivity contribution in [3.63, 3.8) is 0 Å². The second kappa shape index (κ2) is 7.61. The molecule has 0 bridgehead atoms. The maximum atomic E-state index is 13.0. The van der Waals surface area contributed by atoms with Crippen LogP contribution in [0.2, 0.25) is 0 Å². The molecule has 1 aliphatic rings. The van der Waals surface area contributed by atoms with E-state index in [0.29, 0.717) is 17.7 Å². The number of carbonyl (C=O) groups excluding carboxylic acids is 3. The van der Waals surface area contributed by atoms with Crippen molar-refractivity contribution in [2.24, 2.45) is 0 Å². The smallest absolute Gasteiger partial charge is 0.325 e. The Morgan fingerprint density at radius 2 is 1.81 bits per heavy atom. The zero-order valence-electron chi connectivity index (χ0n) is 15.5. The van der Waals surface area contributed by atoms with Crippen LogP contribution in [0, 0.1) is 0 Å². The third-order valence-corrected chi connectivity index (χ3v) is 4.89. The summed E-state index contributed by atoms with van der Waals surface area (Å²) in [6.07, 6.45) is 1.26. The molecule has 0 spiro atoms. The normalized spacial score (nSPS) is 19.1. The van der Waals surface area contributed by atoms with Gasteiger partial charge in [-0.05, 0) is 36.1 Å². The Bertz CT molecular complexity index is 866. The predicted molar refractivity (Wildman–Crippen MR) is 103 cm³/mol. The first-order valence-electron chi connectivity index (χ1n) is 9.08. The lowest BCUT2D eigenvalue weighted by molar-refractivity contribution is -0.134. The molecule has 140 valence electrons. The fourth-order valence-electron chi connectivity index (χ4n) is 3.34. The Kier molecular flexibility index (Phi) is 5.26. The Balaban J connectivity index is 1.76. The van der Waals surface area contributed by atoms with E-state index < -0.39 is 23.4 Å². The first kappa shape index (κ1) is 18.6. The summed E-state index contributed by atoms with van der Waals surface area (Å²) in [6.45, 7) is 3.54. The van der Waals surface area contributed by atoms with Crippen molar-refractivity contribution in [3.8, 4) is 0 Å². The number of anilines is 1. The molecule has 2 N–H and O–H groups in total. The fraction of sp³-hybridized carbons (Fsp3) is 0.286. The lowest BCUT2D eigenvalue weighted by atomic mass is 9.87. The number of hydrogen-bond acceptors (Lipinski definition) is 3. The van der Waals surface area contributed by atoms with E-state index >= 15 is 0 Å². The summed E-state index contributed by atoms with van der Waals surface area (Å²) in [5, 5.41) is 5.54. The second-order valence-electron chi connectivity index (χ2n) is 6.55. The Morgan fingerprint density at radius 3 is 2.48 bits per heavy atom. The van der Waals surface area contributed by atoms with E-state index in [-0.39, 0.29) is 6.54 Å². The largest absolute Gasteiger partial charge is 0.325 e. The SMILES string of the molecule is CCc1cccc(NC(=O)CN2C(=O)N[C@@](CC)(c3ccccc3)C2=O)c1. The molecule has 2 aromatic carbocycles. The van der Waals surface area contributed by atoms with E-state index in [9.17, 15) is 14.4 Å². The molecule has 1 heterocycles. The van der Waals surface area contributed by atoms with E-state index in [0.717, 1.165) is 16.9 Å². The van der Waals surface area contributed by atoms with Gasteiger partial charge in [-0.1, -0.05) is 56.3 Å². The van der Waals surface area contributed by atoms with Crippen LogP contribution in [0.15, 0.2) is 54.6 Å². The molecule has 27 heavy (non-hydrogen) atoms. The van der Waals surface area contributed by atoms with Gasteiger partial charge in [0.2, 0.25) is 5.91 Å². The number of nitrogens with zero attached hydrogens (tertiary/aromatic N) is 1. The molecule has 2 aromatic rings. The van der Waals surface area contributed by atoms with Crippen LogP contribution >= 0.6 is 0 Å². The van der Waals surface area contributed by atoms with Crippen molar-refractivity contribution in [2.45, 2.75) is 32.2 Å². The van der Waals surface area contributed by atoms with Gasteiger partial charge in [0.15, 0.2) is 0 Å². The summed E-state index contributed by atoms with van der Waals surface area (Å²) in [4.78, 5) is 38.8. The number of urea groups is 1. The predicted octanol–water partition coefficient (Wildman–Crippen LogP) is 3.04. The number of carbonyl (C=O) groups is 3. The number of imide groups is 1. The molecule has 0 radical (unpaired) electrons. The summed E-state index contributed by atoms with van der Waals surface area (Å²) in [5.74, 6) is -0.814. The quantitative estimate of drug-likeness (QED) is 0.773. The van der Waals surface area contributed by atoms with Gasteiger partial charge in [-0.15, -0.1) is 0 Å². The first-order valence-corrected chi connectivity index (χ1v) is 9.08. The number of rotatable bonds is 6. The standard InChI is InChI=1S/C21H23N3O3/c1-3-15-9-8-12-17(13-15)22-18(25)14-24-19(26)21(4-2,23-20(24)27)16-10-6-5-7-11-16/h5-13H,3-4,14H2,1-2H3,(H,22,25)(H,23,27)/t21-/m0/s1. The molecule has 1 atom stereocenters. The highest BCUT2D eigenvalue weighted by Crippen LogP contribution is 2.32. The minimum absolute atomic E-state index is 0.324. The van der Waals surface area contributed by atoms with Gasteiger partial charge in [0.25, 0.3) is 5.91 Å². The minimum Gasteiger partial charge on any atom is -0.325 e. The van der Waals surface area contributed by atoms with Crippen molar-refractivity contribution in [2.75, 3.05) is 11.9 Å². The summed E-state index contributed by atoms with van der Waals surface area (Å²) in [6, 6.07) is 16.1. The van der Waals surface area contributed by atoms with Crippen LogP contribution in [0.1, 0.15) is 31.4 Å². The highest BCUT2D eigenvalue weighted by Gasteiger charge is 2.51. The van der Waals surface area contributed by atoms with E-state index in [1.54, 1.807) is 6.07 Å². The number of aryl methyl sites for hydroxylation is 1. The van der Waals surface area contributed by atoms with Gasteiger partial charge in [0, 0.05) is 5.69 Å². The van der Waals surface area contributed by atoms with Crippen LogP contribution in [0.25, 0.3) is 0 Å². The van der Waals surface area contributed by atoms with Crippen LogP contribution in [-0.2, 0) is 21.5 Å². The zero-order valence-corrected chi connectivity index (χ0v) is 15.5. The Hall–Kier alpha value is -3.15. The summed E-state index contributed by atoms with van der Waals surface area (Å²) >= 11 is 0. The van der Waals surface area contributed by atoms with Crippen LogP contribution in [0.3, 0.4) is 0 Å². The van der Waals surface area contributed by atoms with Crippen molar-refractivity contribution in [3.05, 3.63) is 65.7 Å². The molecule has 1 fully saturated rings. The molecule has 1 aliphatic heterocycles. The maximum absolute atomic E-state index is 13.0. The van der Waals surface area contributed by atoms with Gasteiger partial charge >= 0.3 is 6.03 Å². The van der Waals surface area contributed by atoms with Crippen LogP contribution in [-0.4, -0.2) is 29.3 Å².